The Morgan fingerprint density at radius 2 is 2.20 bits per heavy atom. The predicted molar refractivity (Wildman–Crippen MR) is 59.8 cm³/mol. The number of hydrogen-bond donors (Lipinski definition) is 0. The number of allylic oxidation sites excluding steroid dienone is 1. The third-order valence-electron chi connectivity index (χ3n) is 2.64. The molecule has 0 aromatic heterocycles. The Kier molecular flexibility index (Phi) is 2.86. The van der Waals surface area contributed by atoms with Crippen LogP contribution in [0.1, 0.15) is 24.8 Å². The van der Waals surface area contributed by atoms with Gasteiger partial charge in [0.25, 0.3) is 0 Å². The monoisotopic (exact) mass is 202 g/mol. The highest BCUT2D eigenvalue weighted by atomic mass is 16.5. The van der Waals surface area contributed by atoms with E-state index >= 15 is 0 Å². The molecule has 0 bridgehead atoms. The van der Waals surface area contributed by atoms with Crippen LogP contribution >= 0.6 is 0 Å². The molecule has 2 nitrogen and oxygen atoms in total. The van der Waals surface area contributed by atoms with Crippen molar-refractivity contribution in [2.24, 2.45) is 0 Å². The molecule has 1 fully saturated rings. The third kappa shape index (κ3) is 2.27. The molecule has 0 atom stereocenters. The third-order valence-corrected chi connectivity index (χ3v) is 2.64. The number of ether oxygens (including phenoxy) is 1. The van der Waals surface area contributed by atoms with Crippen molar-refractivity contribution < 1.29 is 9.53 Å². The van der Waals surface area contributed by atoms with Crippen LogP contribution in [0.2, 0.25) is 0 Å². The number of Topliss-reactive ketones (excluding diaryl/α,β-unsaturated/α-hetero) is 1. The van der Waals surface area contributed by atoms with E-state index in [1.165, 1.54) is 0 Å². The van der Waals surface area contributed by atoms with E-state index in [1.54, 1.807) is 7.11 Å². The van der Waals surface area contributed by atoms with E-state index in [0.717, 1.165) is 29.7 Å². The number of benzene rings is 1. The molecule has 1 saturated carbocycles. The van der Waals surface area contributed by atoms with Crippen LogP contribution in [0.15, 0.2) is 29.8 Å². The van der Waals surface area contributed by atoms with Gasteiger partial charge in [0.15, 0.2) is 5.78 Å². The van der Waals surface area contributed by atoms with E-state index in [2.05, 4.69) is 0 Å². The lowest BCUT2D eigenvalue weighted by molar-refractivity contribution is -0.114. The summed E-state index contributed by atoms with van der Waals surface area (Å²) in [6.45, 7) is 0. The molecule has 1 aliphatic rings. The standard InChI is InChI=1S/C13H14O2/c1-15-12-6-2-4-10(9-12)8-11-5-3-7-13(11)14/h2,4,6,8-9H,3,5,7H2,1H3/b11-8-. The van der Waals surface area contributed by atoms with Gasteiger partial charge in [-0.15, -0.1) is 0 Å². The van der Waals surface area contributed by atoms with Gasteiger partial charge >= 0.3 is 0 Å². The lowest BCUT2D eigenvalue weighted by Crippen LogP contribution is -1.91. The van der Waals surface area contributed by atoms with E-state index in [9.17, 15) is 4.79 Å². The molecule has 0 unspecified atom stereocenters. The number of carbonyl (C=O) groups excluding carboxylic acids is 1. The summed E-state index contributed by atoms with van der Waals surface area (Å²) in [6.07, 6.45) is 4.58. The highest BCUT2D eigenvalue weighted by molar-refractivity contribution is 6.01. The van der Waals surface area contributed by atoms with Crippen molar-refractivity contribution in [3.05, 3.63) is 35.4 Å². The van der Waals surface area contributed by atoms with Gasteiger partial charge < -0.3 is 4.74 Å². The number of rotatable bonds is 2. The minimum absolute atomic E-state index is 0.290. The van der Waals surface area contributed by atoms with Crippen LogP contribution in [0, 0.1) is 0 Å². The molecule has 0 aliphatic heterocycles. The fourth-order valence-corrected chi connectivity index (χ4v) is 1.82. The van der Waals surface area contributed by atoms with E-state index in [4.69, 9.17) is 4.74 Å². The zero-order valence-corrected chi connectivity index (χ0v) is 8.82. The van der Waals surface area contributed by atoms with Crippen LogP contribution in [-0.2, 0) is 4.79 Å². The lowest BCUT2D eigenvalue weighted by atomic mass is 10.1. The van der Waals surface area contributed by atoms with Crippen LogP contribution in [0.3, 0.4) is 0 Å². The van der Waals surface area contributed by atoms with Crippen LogP contribution in [0.4, 0.5) is 0 Å². The normalized spacial score (nSPS) is 18.5. The predicted octanol–water partition coefficient (Wildman–Crippen LogP) is 2.83. The number of ketones is 1. The SMILES string of the molecule is COc1cccc(/C=C2/CCCC2=O)c1. The van der Waals surface area contributed by atoms with Gasteiger partial charge in [-0.25, -0.2) is 0 Å². The first-order valence-corrected chi connectivity index (χ1v) is 5.17. The van der Waals surface area contributed by atoms with Crippen molar-refractivity contribution in [1.82, 2.24) is 0 Å². The highest BCUT2D eigenvalue weighted by Crippen LogP contribution is 2.24. The number of hydrogen-bond acceptors (Lipinski definition) is 2. The molecule has 1 aromatic rings. The Balaban J connectivity index is 2.26. The molecule has 2 heteroatoms. The highest BCUT2D eigenvalue weighted by Gasteiger charge is 2.16. The zero-order chi connectivity index (χ0) is 10.7. The maximum Gasteiger partial charge on any atom is 0.158 e. The number of methoxy groups -OCH3 is 1. The average Bonchev–Trinajstić information content (AvgIpc) is 2.65. The quantitative estimate of drug-likeness (QED) is 0.689. The molecule has 0 radical (unpaired) electrons. The average molecular weight is 202 g/mol. The second kappa shape index (κ2) is 4.30. The maximum atomic E-state index is 11.4. The summed E-state index contributed by atoms with van der Waals surface area (Å²) >= 11 is 0. The Hall–Kier alpha value is -1.57. The fourth-order valence-electron chi connectivity index (χ4n) is 1.82. The molecule has 0 spiro atoms. The molecular weight excluding hydrogens is 188 g/mol. The summed E-state index contributed by atoms with van der Waals surface area (Å²) in [6, 6.07) is 7.77. The first kappa shape index (κ1) is 9.97. The van der Waals surface area contributed by atoms with Gasteiger partial charge in [0.1, 0.15) is 5.75 Å². The van der Waals surface area contributed by atoms with Crippen molar-refractivity contribution in [2.45, 2.75) is 19.3 Å². The fraction of sp³-hybridized carbons (Fsp3) is 0.308. The molecule has 1 aromatic carbocycles. The molecule has 0 amide bonds. The Morgan fingerprint density at radius 3 is 2.87 bits per heavy atom. The van der Waals surface area contributed by atoms with Crippen molar-refractivity contribution >= 4 is 11.9 Å². The topological polar surface area (TPSA) is 26.3 Å². The van der Waals surface area contributed by atoms with Gasteiger partial charge in [0.05, 0.1) is 7.11 Å². The minimum Gasteiger partial charge on any atom is -0.497 e. The van der Waals surface area contributed by atoms with E-state index < -0.39 is 0 Å². The van der Waals surface area contributed by atoms with E-state index in [-0.39, 0.29) is 5.78 Å². The van der Waals surface area contributed by atoms with Crippen LogP contribution in [0.25, 0.3) is 6.08 Å². The number of carbonyl (C=O) groups is 1. The molecule has 78 valence electrons. The Bertz CT molecular complexity index is 405. The summed E-state index contributed by atoms with van der Waals surface area (Å²) < 4.78 is 5.13. The molecule has 0 saturated heterocycles. The first-order chi connectivity index (χ1) is 7.29. The molecule has 0 N–H and O–H groups in total. The van der Waals surface area contributed by atoms with E-state index in [0.29, 0.717) is 6.42 Å². The summed E-state index contributed by atoms with van der Waals surface area (Å²) in [7, 11) is 1.65. The molecule has 1 aliphatic carbocycles. The summed E-state index contributed by atoms with van der Waals surface area (Å²) in [5.41, 5.74) is 1.99. The van der Waals surface area contributed by atoms with Crippen molar-refractivity contribution in [3.8, 4) is 5.75 Å². The first-order valence-electron chi connectivity index (χ1n) is 5.17. The van der Waals surface area contributed by atoms with Gasteiger partial charge in [0.2, 0.25) is 0 Å². The Labute approximate surface area is 89.6 Å². The zero-order valence-electron chi connectivity index (χ0n) is 8.82. The second-order valence-electron chi connectivity index (χ2n) is 3.72. The lowest BCUT2D eigenvalue weighted by Gasteiger charge is -2.01. The second-order valence-corrected chi connectivity index (χ2v) is 3.72. The summed E-state index contributed by atoms with van der Waals surface area (Å²) in [4.78, 5) is 11.4. The summed E-state index contributed by atoms with van der Waals surface area (Å²) in [5.74, 6) is 1.12. The van der Waals surface area contributed by atoms with Gasteiger partial charge in [-0.3, -0.25) is 4.79 Å². The van der Waals surface area contributed by atoms with Gasteiger partial charge in [-0.2, -0.15) is 0 Å². The van der Waals surface area contributed by atoms with Crippen molar-refractivity contribution in [2.75, 3.05) is 7.11 Å². The Morgan fingerprint density at radius 1 is 1.33 bits per heavy atom. The largest absolute Gasteiger partial charge is 0.497 e. The molecular formula is C13H14O2. The van der Waals surface area contributed by atoms with E-state index in [1.807, 2.05) is 30.3 Å². The molecule has 2 rings (SSSR count). The van der Waals surface area contributed by atoms with Crippen molar-refractivity contribution in [1.29, 1.82) is 0 Å². The minimum atomic E-state index is 0.290. The molecule has 0 heterocycles. The van der Waals surface area contributed by atoms with Crippen LogP contribution in [0.5, 0.6) is 5.75 Å². The van der Waals surface area contributed by atoms with Gasteiger partial charge in [-0.1, -0.05) is 12.1 Å². The smallest absolute Gasteiger partial charge is 0.158 e. The summed E-state index contributed by atoms with van der Waals surface area (Å²) in [5, 5.41) is 0. The van der Waals surface area contributed by atoms with Crippen LogP contribution < -0.4 is 4.74 Å². The van der Waals surface area contributed by atoms with Gasteiger partial charge in [-0.05, 0) is 42.2 Å². The molecule has 15 heavy (non-hydrogen) atoms. The van der Waals surface area contributed by atoms with Crippen LogP contribution in [-0.4, -0.2) is 12.9 Å². The van der Waals surface area contributed by atoms with Gasteiger partial charge in [0, 0.05) is 6.42 Å². The van der Waals surface area contributed by atoms with Crippen molar-refractivity contribution in [3.63, 3.8) is 0 Å². The maximum absolute atomic E-state index is 11.4.